The summed E-state index contributed by atoms with van der Waals surface area (Å²) in [6, 6.07) is 8.11. The summed E-state index contributed by atoms with van der Waals surface area (Å²) in [7, 11) is 0. The Balaban J connectivity index is 2.04. The number of benzene rings is 1. The van der Waals surface area contributed by atoms with Gasteiger partial charge in [0.2, 0.25) is 0 Å². The molecule has 3 rings (SSSR count). The van der Waals surface area contributed by atoms with Crippen LogP contribution >= 0.6 is 38.6 Å². The van der Waals surface area contributed by atoms with Crippen LogP contribution in [0.3, 0.4) is 0 Å². The first-order valence-corrected chi connectivity index (χ1v) is 7.50. The van der Waals surface area contributed by atoms with Crippen molar-refractivity contribution in [2.24, 2.45) is 0 Å². The van der Waals surface area contributed by atoms with Crippen molar-refractivity contribution in [1.82, 2.24) is 9.97 Å². The van der Waals surface area contributed by atoms with Gasteiger partial charge in [-0.25, -0.2) is 9.97 Å². The zero-order valence-electron chi connectivity index (χ0n) is 8.63. The first-order chi connectivity index (χ1) is 8.34. The largest absolute Gasteiger partial charge is 0.243 e. The molecule has 0 atom stereocenters. The molecule has 0 aliphatic carbocycles. The molecule has 0 saturated carbocycles. The van der Waals surface area contributed by atoms with Gasteiger partial charge in [-0.15, -0.1) is 22.7 Å². The Hall–Kier alpha value is -1.04. The average molecular weight is 323 g/mol. The lowest BCUT2D eigenvalue weighted by molar-refractivity contribution is 1.34. The molecule has 0 N–H and O–H groups in total. The van der Waals surface area contributed by atoms with Crippen molar-refractivity contribution in [3.8, 4) is 21.3 Å². The summed E-state index contributed by atoms with van der Waals surface area (Å²) in [6.45, 7) is 0. The fourth-order valence-corrected chi connectivity index (χ4v) is 3.60. The monoisotopic (exact) mass is 322 g/mol. The fraction of sp³-hybridized carbons (Fsp3) is 0. The van der Waals surface area contributed by atoms with Gasteiger partial charge in [0, 0.05) is 27.0 Å². The molecule has 0 aliphatic heterocycles. The van der Waals surface area contributed by atoms with Gasteiger partial charge in [0.25, 0.3) is 0 Å². The molecule has 0 bridgehead atoms. The van der Waals surface area contributed by atoms with Crippen LogP contribution in [0.15, 0.2) is 45.7 Å². The van der Waals surface area contributed by atoms with E-state index in [-0.39, 0.29) is 0 Å². The summed E-state index contributed by atoms with van der Waals surface area (Å²) in [4.78, 5) is 8.89. The van der Waals surface area contributed by atoms with E-state index in [4.69, 9.17) is 0 Å². The molecule has 0 fully saturated rings. The van der Waals surface area contributed by atoms with Gasteiger partial charge in [0.15, 0.2) is 0 Å². The number of hydrogen-bond acceptors (Lipinski definition) is 4. The highest BCUT2D eigenvalue weighted by atomic mass is 79.9. The molecule has 3 aromatic rings. The van der Waals surface area contributed by atoms with E-state index >= 15 is 0 Å². The van der Waals surface area contributed by atoms with Crippen molar-refractivity contribution in [1.29, 1.82) is 0 Å². The Kier molecular flexibility index (Phi) is 3.05. The highest BCUT2D eigenvalue weighted by molar-refractivity contribution is 9.10. The summed E-state index contributed by atoms with van der Waals surface area (Å²) in [5.74, 6) is 0. The zero-order valence-corrected chi connectivity index (χ0v) is 11.8. The lowest BCUT2D eigenvalue weighted by Gasteiger charge is -1.98. The van der Waals surface area contributed by atoms with Gasteiger partial charge in [-0.05, 0) is 6.07 Å². The van der Waals surface area contributed by atoms with E-state index in [1.165, 1.54) is 0 Å². The third kappa shape index (κ3) is 2.18. The van der Waals surface area contributed by atoms with Crippen LogP contribution in [0.1, 0.15) is 0 Å². The molecule has 2 nitrogen and oxygen atoms in total. The number of thiazole rings is 2. The van der Waals surface area contributed by atoms with Crippen LogP contribution in [0.25, 0.3) is 21.3 Å². The van der Waals surface area contributed by atoms with E-state index in [2.05, 4.69) is 32.0 Å². The minimum absolute atomic E-state index is 0.954. The quantitative estimate of drug-likeness (QED) is 0.683. The summed E-state index contributed by atoms with van der Waals surface area (Å²) in [5.41, 5.74) is 2.08. The van der Waals surface area contributed by atoms with Crippen molar-refractivity contribution in [3.05, 3.63) is 45.7 Å². The van der Waals surface area contributed by atoms with Crippen LogP contribution in [0.5, 0.6) is 0 Å². The van der Waals surface area contributed by atoms with Gasteiger partial charge < -0.3 is 0 Å². The third-order valence-corrected chi connectivity index (χ3v) is 4.62. The molecular formula is C12H7BrN2S2. The maximum atomic E-state index is 4.62. The van der Waals surface area contributed by atoms with Crippen LogP contribution < -0.4 is 0 Å². The van der Waals surface area contributed by atoms with Gasteiger partial charge in [-0.1, -0.05) is 34.1 Å². The van der Waals surface area contributed by atoms with Gasteiger partial charge >= 0.3 is 0 Å². The molecule has 2 heterocycles. The number of halogens is 1. The topological polar surface area (TPSA) is 25.8 Å². The van der Waals surface area contributed by atoms with Crippen LogP contribution in [0.4, 0.5) is 0 Å². The molecule has 84 valence electrons. The van der Waals surface area contributed by atoms with Crippen molar-refractivity contribution < 1.29 is 0 Å². The van der Waals surface area contributed by atoms with Crippen LogP contribution in [-0.4, -0.2) is 9.97 Å². The highest BCUT2D eigenvalue weighted by Crippen LogP contribution is 2.33. The Labute approximate surface area is 115 Å². The smallest absolute Gasteiger partial charge is 0.142 e. The maximum absolute atomic E-state index is 4.62. The Morgan fingerprint density at radius 2 is 1.94 bits per heavy atom. The normalized spacial score (nSPS) is 10.6. The molecule has 0 saturated heterocycles. The van der Waals surface area contributed by atoms with Crippen molar-refractivity contribution in [2.45, 2.75) is 0 Å². The molecule has 0 spiro atoms. The Morgan fingerprint density at radius 3 is 2.71 bits per heavy atom. The summed E-state index contributed by atoms with van der Waals surface area (Å²) in [5, 5.41) is 6.00. The zero-order chi connectivity index (χ0) is 11.7. The number of nitrogens with zero attached hydrogens (tertiary/aromatic N) is 2. The standard InChI is InChI=1S/C12H7BrN2S2/c13-9-4-2-1-3-8(9)11-15-10(7-17-11)12-14-5-6-16-12/h1-7H. The van der Waals surface area contributed by atoms with E-state index in [9.17, 15) is 0 Å². The molecule has 2 aromatic heterocycles. The summed E-state index contributed by atoms with van der Waals surface area (Å²) >= 11 is 6.80. The lowest BCUT2D eigenvalue weighted by atomic mass is 10.2. The van der Waals surface area contributed by atoms with Gasteiger partial charge in [-0.3, -0.25) is 0 Å². The highest BCUT2D eigenvalue weighted by Gasteiger charge is 2.10. The number of aromatic nitrogens is 2. The Bertz CT molecular complexity index is 632. The maximum Gasteiger partial charge on any atom is 0.142 e. The van der Waals surface area contributed by atoms with Crippen molar-refractivity contribution >= 4 is 38.6 Å². The molecule has 17 heavy (non-hydrogen) atoms. The van der Waals surface area contributed by atoms with Crippen LogP contribution in [0.2, 0.25) is 0 Å². The molecule has 0 amide bonds. The second-order valence-corrected chi connectivity index (χ2v) is 5.96. The van der Waals surface area contributed by atoms with E-state index in [0.29, 0.717) is 0 Å². The molecule has 5 heteroatoms. The van der Waals surface area contributed by atoms with Gasteiger partial charge in [0.1, 0.15) is 15.7 Å². The SMILES string of the molecule is Brc1ccccc1-c1nc(-c2nccs2)cs1. The summed E-state index contributed by atoms with van der Waals surface area (Å²) in [6.07, 6.45) is 1.80. The lowest BCUT2D eigenvalue weighted by Crippen LogP contribution is -1.79. The van der Waals surface area contributed by atoms with Crippen molar-refractivity contribution in [2.75, 3.05) is 0 Å². The minimum Gasteiger partial charge on any atom is -0.243 e. The van der Waals surface area contributed by atoms with Crippen LogP contribution in [0, 0.1) is 0 Å². The number of rotatable bonds is 2. The first-order valence-electron chi connectivity index (χ1n) is 4.95. The third-order valence-electron chi connectivity index (χ3n) is 2.26. The average Bonchev–Trinajstić information content (AvgIpc) is 3.00. The second kappa shape index (κ2) is 4.68. The predicted octanol–water partition coefficient (Wildman–Crippen LogP) is 4.70. The van der Waals surface area contributed by atoms with E-state index in [1.54, 1.807) is 28.9 Å². The second-order valence-electron chi connectivity index (χ2n) is 3.36. The minimum atomic E-state index is 0.954. The number of hydrogen-bond donors (Lipinski definition) is 0. The predicted molar refractivity (Wildman–Crippen MR) is 76.4 cm³/mol. The first kappa shape index (κ1) is 11.1. The van der Waals surface area contributed by atoms with E-state index < -0.39 is 0 Å². The molecule has 1 aromatic carbocycles. The summed E-state index contributed by atoms with van der Waals surface area (Å²) < 4.78 is 1.07. The van der Waals surface area contributed by atoms with Crippen molar-refractivity contribution in [3.63, 3.8) is 0 Å². The fourth-order valence-electron chi connectivity index (χ4n) is 1.48. The molecule has 0 aliphatic rings. The van der Waals surface area contributed by atoms with Crippen LogP contribution in [-0.2, 0) is 0 Å². The van der Waals surface area contributed by atoms with E-state index in [0.717, 1.165) is 25.7 Å². The van der Waals surface area contributed by atoms with Gasteiger partial charge in [-0.2, -0.15) is 0 Å². The molecular weight excluding hydrogens is 316 g/mol. The Morgan fingerprint density at radius 1 is 1.06 bits per heavy atom. The van der Waals surface area contributed by atoms with Gasteiger partial charge in [0.05, 0.1) is 0 Å². The molecule has 0 unspecified atom stereocenters. The molecule has 0 radical (unpaired) electrons. The van der Waals surface area contributed by atoms with E-state index in [1.807, 2.05) is 29.0 Å².